The maximum absolute atomic E-state index is 12.6. The van der Waals surface area contributed by atoms with E-state index in [4.69, 9.17) is 4.98 Å². The normalized spacial score (nSPS) is 11.4. The molecule has 0 fully saturated rings. The molecule has 148 valence electrons. The number of carbonyl (C=O) groups excluding carboxylic acids is 1. The first-order chi connectivity index (χ1) is 15.2. The molecule has 0 saturated heterocycles. The van der Waals surface area contributed by atoms with Crippen LogP contribution in [0.3, 0.4) is 0 Å². The first kappa shape index (κ1) is 17.4. The molecule has 6 rings (SSSR count). The molecule has 6 aromatic rings. The van der Waals surface area contributed by atoms with Crippen molar-refractivity contribution >= 4 is 61.3 Å². The third-order valence-electron chi connectivity index (χ3n) is 5.36. The number of hydrogen-bond acceptors (Lipinski definition) is 3. The van der Waals surface area contributed by atoms with Gasteiger partial charge in [-0.1, -0.05) is 42.5 Å². The van der Waals surface area contributed by atoms with Crippen molar-refractivity contribution in [3.8, 4) is 0 Å². The van der Waals surface area contributed by atoms with Crippen molar-refractivity contribution < 1.29 is 4.79 Å². The average Bonchev–Trinajstić information content (AvgIpc) is 3.14. The molecule has 0 aliphatic heterocycles. The van der Waals surface area contributed by atoms with Gasteiger partial charge in [0.05, 0.1) is 11.0 Å². The number of aromatic nitrogens is 3. The summed E-state index contributed by atoms with van der Waals surface area (Å²) in [6.45, 7) is 0. The molecular weight excluding hydrogens is 386 g/mol. The molecule has 3 N–H and O–H groups in total. The fourth-order valence-electron chi connectivity index (χ4n) is 3.89. The SMILES string of the molecule is O=C(Nc1ccc2ccccc2c1)Nc1ccc2[nH]c3nc4ccccc4nc3c2c1. The number of amides is 2. The van der Waals surface area contributed by atoms with Crippen molar-refractivity contribution in [2.75, 3.05) is 10.6 Å². The van der Waals surface area contributed by atoms with Gasteiger partial charge in [-0.3, -0.25) is 0 Å². The van der Waals surface area contributed by atoms with Gasteiger partial charge in [-0.25, -0.2) is 14.8 Å². The summed E-state index contributed by atoms with van der Waals surface area (Å²) >= 11 is 0. The molecular formula is C25H17N5O. The first-order valence-electron chi connectivity index (χ1n) is 9.98. The number of nitrogens with zero attached hydrogens (tertiary/aromatic N) is 2. The lowest BCUT2D eigenvalue weighted by Gasteiger charge is -2.09. The van der Waals surface area contributed by atoms with Crippen LogP contribution in [0.25, 0.3) is 43.9 Å². The summed E-state index contributed by atoms with van der Waals surface area (Å²) in [6, 6.07) is 27.1. The quantitative estimate of drug-likeness (QED) is 0.328. The van der Waals surface area contributed by atoms with E-state index in [9.17, 15) is 4.79 Å². The number of H-pyrrole nitrogens is 1. The number of fused-ring (bicyclic) bond motifs is 5. The van der Waals surface area contributed by atoms with E-state index < -0.39 is 0 Å². The molecule has 31 heavy (non-hydrogen) atoms. The van der Waals surface area contributed by atoms with Gasteiger partial charge in [0, 0.05) is 22.3 Å². The summed E-state index contributed by atoms with van der Waals surface area (Å²) in [4.78, 5) is 25.3. The summed E-state index contributed by atoms with van der Waals surface area (Å²) in [5, 5.41) is 8.93. The minimum atomic E-state index is -0.300. The highest BCUT2D eigenvalue weighted by atomic mass is 16.2. The van der Waals surface area contributed by atoms with Crippen LogP contribution < -0.4 is 10.6 Å². The van der Waals surface area contributed by atoms with E-state index in [1.807, 2.05) is 84.9 Å². The molecule has 0 bridgehead atoms. The summed E-state index contributed by atoms with van der Waals surface area (Å²) in [5.41, 5.74) is 5.53. The Hall–Kier alpha value is -4.45. The Morgan fingerprint density at radius 3 is 2.23 bits per heavy atom. The van der Waals surface area contributed by atoms with Gasteiger partial charge >= 0.3 is 6.03 Å². The average molecular weight is 403 g/mol. The van der Waals surface area contributed by atoms with E-state index in [1.54, 1.807) is 0 Å². The highest BCUT2D eigenvalue weighted by Crippen LogP contribution is 2.27. The summed E-state index contributed by atoms with van der Waals surface area (Å²) in [6.07, 6.45) is 0. The molecule has 0 atom stereocenters. The number of urea groups is 1. The Morgan fingerprint density at radius 2 is 1.39 bits per heavy atom. The van der Waals surface area contributed by atoms with Crippen LogP contribution in [0.5, 0.6) is 0 Å². The lowest BCUT2D eigenvalue weighted by atomic mass is 10.1. The highest BCUT2D eigenvalue weighted by molar-refractivity contribution is 6.08. The molecule has 0 spiro atoms. The molecule has 6 nitrogen and oxygen atoms in total. The zero-order valence-corrected chi connectivity index (χ0v) is 16.4. The van der Waals surface area contributed by atoms with Gasteiger partial charge in [0.2, 0.25) is 0 Å². The van der Waals surface area contributed by atoms with E-state index >= 15 is 0 Å². The van der Waals surface area contributed by atoms with Crippen molar-refractivity contribution in [3.05, 3.63) is 84.9 Å². The summed E-state index contributed by atoms with van der Waals surface area (Å²) in [5.74, 6) is 0. The smallest absolute Gasteiger partial charge is 0.323 e. The van der Waals surface area contributed by atoms with Crippen LogP contribution in [0.4, 0.5) is 16.2 Å². The number of para-hydroxylation sites is 2. The number of carbonyl (C=O) groups is 1. The Kier molecular flexibility index (Phi) is 3.83. The van der Waals surface area contributed by atoms with Gasteiger partial charge in [0.25, 0.3) is 0 Å². The van der Waals surface area contributed by atoms with Crippen LogP contribution in [-0.2, 0) is 0 Å². The Morgan fingerprint density at radius 1 is 0.710 bits per heavy atom. The third-order valence-corrected chi connectivity index (χ3v) is 5.36. The topological polar surface area (TPSA) is 82.7 Å². The fraction of sp³-hybridized carbons (Fsp3) is 0. The lowest BCUT2D eigenvalue weighted by molar-refractivity contribution is 0.262. The standard InChI is InChI=1S/C25H17N5O/c31-25(26-17-10-9-15-5-1-2-6-16(15)13-17)27-18-11-12-20-19(14-18)23-24(29-20)30-22-8-4-3-7-21(22)28-23/h1-14H,(H,29,30)(H2,26,27,31). The van der Waals surface area contributed by atoms with Crippen LogP contribution in [0, 0.1) is 0 Å². The Labute approximate surface area is 176 Å². The van der Waals surface area contributed by atoms with Gasteiger partial charge in [-0.05, 0) is 53.2 Å². The van der Waals surface area contributed by atoms with Gasteiger partial charge in [-0.2, -0.15) is 0 Å². The second kappa shape index (κ2) is 6.81. The van der Waals surface area contributed by atoms with E-state index in [-0.39, 0.29) is 6.03 Å². The van der Waals surface area contributed by atoms with Crippen LogP contribution in [-0.4, -0.2) is 21.0 Å². The minimum absolute atomic E-state index is 0.300. The van der Waals surface area contributed by atoms with Gasteiger partial charge in [0.1, 0.15) is 5.52 Å². The second-order valence-corrected chi connectivity index (χ2v) is 7.44. The predicted octanol–water partition coefficient (Wildman–Crippen LogP) is 6.06. The zero-order valence-electron chi connectivity index (χ0n) is 16.4. The maximum atomic E-state index is 12.6. The van der Waals surface area contributed by atoms with Gasteiger partial charge < -0.3 is 15.6 Å². The van der Waals surface area contributed by atoms with E-state index in [1.165, 1.54) is 0 Å². The largest absolute Gasteiger partial charge is 0.338 e. The van der Waals surface area contributed by atoms with Crippen molar-refractivity contribution in [3.63, 3.8) is 0 Å². The number of nitrogens with one attached hydrogen (secondary N) is 3. The minimum Gasteiger partial charge on any atom is -0.338 e. The van der Waals surface area contributed by atoms with Crippen LogP contribution >= 0.6 is 0 Å². The van der Waals surface area contributed by atoms with Crippen LogP contribution in [0.15, 0.2) is 84.9 Å². The molecule has 0 unspecified atom stereocenters. The lowest BCUT2D eigenvalue weighted by Crippen LogP contribution is -2.19. The molecule has 0 aliphatic rings. The summed E-state index contributed by atoms with van der Waals surface area (Å²) < 4.78 is 0. The maximum Gasteiger partial charge on any atom is 0.323 e. The van der Waals surface area contributed by atoms with Crippen LogP contribution in [0.1, 0.15) is 0 Å². The van der Waals surface area contributed by atoms with Crippen molar-refractivity contribution in [2.45, 2.75) is 0 Å². The third kappa shape index (κ3) is 3.11. The number of anilines is 2. The van der Waals surface area contributed by atoms with Crippen molar-refractivity contribution in [1.29, 1.82) is 0 Å². The van der Waals surface area contributed by atoms with Gasteiger partial charge in [0.15, 0.2) is 5.65 Å². The second-order valence-electron chi connectivity index (χ2n) is 7.44. The van der Waals surface area contributed by atoms with Crippen LogP contribution in [0.2, 0.25) is 0 Å². The molecule has 0 radical (unpaired) electrons. The van der Waals surface area contributed by atoms with Crippen molar-refractivity contribution in [1.82, 2.24) is 15.0 Å². The Balaban J connectivity index is 1.31. The highest BCUT2D eigenvalue weighted by Gasteiger charge is 2.11. The fourth-order valence-corrected chi connectivity index (χ4v) is 3.89. The molecule has 4 aromatic carbocycles. The van der Waals surface area contributed by atoms with Crippen molar-refractivity contribution in [2.24, 2.45) is 0 Å². The number of hydrogen-bond donors (Lipinski definition) is 3. The monoisotopic (exact) mass is 403 g/mol. The number of benzene rings is 4. The number of rotatable bonds is 2. The van der Waals surface area contributed by atoms with E-state index in [0.29, 0.717) is 5.69 Å². The molecule has 2 amide bonds. The van der Waals surface area contributed by atoms with E-state index in [2.05, 4.69) is 20.6 Å². The summed E-state index contributed by atoms with van der Waals surface area (Å²) in [7, 11) is 0. The first-order valence-corrected chi connectivity index (χ1v) is 9.98. The molecule has 6 heteroatoms. The molecule has 2 aromatic heterocycles. The molecule has 0 aliphatic carbocycles. The van der Waals surface area contributed by atoms with Gasteiger partial charge in [-0.15, -0.1) is 0 Å². The Bertz CT molecular complexity index is 1620. The zero-order chi connectivity index (χ0) is 20.8. The molecule has 2 heterocycles. The van der Waals surface area contributed by atoms with E-state index in [0.717, 1.165) is 49.6 Å². The predicted molar refractivity (Wildman–Crippen MR) is 125 cm³/mol. The number of aromatic amines is 1. The molecule has 0 saturated carbocycles.